The van der Waals surface area contributed by atoms with Gasteiger partial charge in [0.1, 0.15) is 28.3 Å². The molecule has 6 nitrogen and oxygen atoms in total. The van der Waals surface area contributed by atoms with Crippen molar-refractivity contribution in [1.82, 2.24) is 4.90 Å². The lowest BCUT2D eigenvalue weighted by molar-refractivity contribution is 0.150. The number of sulfone groups is 1. The number of piperidine rings is 1. The Bertz CT molecular complexity index is 1430. The summed E-state index contributed by atoms with van der Waals surface area (Å²) in [6.45, 7) is 1.85. The van der Waals surface area contributed by atoms with Crippen molar-refractivity contribution in [2.75, 3.05) is 32.1 Å². The van der Waals surface area contributed by atoms with Crippen LogP contribution in [0.5, 0.6) is 11.5 Å². The second-order valence-electron chi connectivity index (χ2n) is 11.0. The zero-order valence-electron chi connectivity index (χ0n) is 22.5. The summed E-state index contributed by atoms with van der Waals surface area (Å²) < 4.78 is 52.6. The molecular weight excluding hydrogens is 515 g/mol. The molecule has 3 aromatic carbocycles. The van der Waals surface area contributed by atoms with Gasteiger partial charge in [-0.15, -0.1) is 0 Å². The molecule has 0 aromatic heterocycles. The number of benzene rings is 3. The summed E-state index contributed by atoms with van der Waals surface area (Å²) in [7, 11) is -0.123. The first kappa shape index (κ1) is 26.1. The summed E-state index contributed by atoms with van der Waals surface area (Å²) in [4.78, 5) is 5.21. The van der Waals surface area contributed by atoms with Crippen LogP contribution in [0.2, 0.25) is 0 Å². The molecule has 0 saturated carbocycles. The number of likely N-dealkylation sites (N-methyl/N-ethyl adjacent to an activating group) is 1. The fraction of sp³-hybridized carbons (Fsp3) is 0.419. The van der Waals surface area contributed by atoms with Crippen LogP contribution in [-0.4, -0.2) is 58.8 Å². The van der Waals surface area contributed by atoms with Crippen LogP contribution in [0.25, 0.3) is 0 Å². The van der Waals surface area contributed by atoms with E-state index in [4.69, 9.17) is 9.47 Å². The van der Waals surface area contributed by atoms with Crippen LogP contribution in [0, 0.1) is 5.82 Å². The summed E-state index contributed by atoms with van der Waals surface area (Å²) in [6.07, 6.45) is 5.71. The standard InChI is InChI=1S/C31H35FN2O4S/c1-33-15-13-21-17-30(37-2)31(18-22(21)14-16-33)39(35,36)29-11-7-24(8-12-29)34-25-5-6-26(34)20-28(19-25)38-27-9-3-23(32)4-10-27/h3-4,7-12,17-18,25-26,28H,5-6,13-16,19-20H2,1-2H3/t25-,26+,28?. The molecule has 2 saturated heterocycles. The Balaban J connectivity index is 1.21. The predicted octanol–water partition coefficient (Wildman–Crippen LogP) is 5.28. The third-order valence-electron chi connectivity index (χ3n) is 8.55. The van der Waals surface area contributed by atoms with E-state index in [1.165, 1.54) is 19.2 Å². The van der Waals surface area contributed by atoms with Gasteiger partial charge in [0, 0.05) is 43.7 Å². The predicted molar refractivity (Wildman–Crippen MR) is 149 cm³/mol. The second-order valence-corrected chi connectivity index (χ2v) is 12.9. The Morgan fingerprint density at radius 1 is 0.872 bits per heavy atom. The summed E-state index contributed by atoms with van der Waals surface area (Å²) in [5.74, 6) is 0.837. The van der Waals surface area contributed by atoms with E-state index in [9.17, 15) is 12.8 Å². The minimum Gasteiger partial charge on any atom is -0.495 e. The van der Waals surface area contributed by atoms with E-state index in [2.05, 4.69) is 16.8 Å². The number of nitrogens with zero attached hydrogens (tertiary/aromatic N) is 2. The van der Waals surface area contributed by atoms with Gasteiger partial charge in [0.25, 0.3) is 0 Å². The average molecular weight is 551 g/mol. The molecule has 3 atom stereocenters. The first-order valence-corrected chi connectivity index (χ1v) is 15.2. The van der Waals surface area contributed by atoms with Crippen molar-refractivity contribution in [2.45, 2.75) is 66.5 Å². The molecule has 39 heavy (non-hydrogen) atoms. The van der Waals surface area contributed by atoms with Gasteiger partial charge in [-0.1, -0.05) is 0 Å². The maximum Gasteiger partial charge on any atom is 0.210 e. The molecule has 0 radical (unpaired) electrons. The molecule has 0 N–H and O–H groups in total. The minimum atomic E-state index is -3.75. The molecular formula is C31H35FN2O4S. The number of hydrogen-bond acceptors (Lipinski definition) is 6. The van der Waals surface area contributed by atoms with Crippen molar-refractivity contribution in [2.24, 2.45) is 0 Å². The highest BCUT2D eigenvalue weighted by molar-refractivity contribution is 7.91. The minimum absolute atomic E-state index is 0.0873. The highest BCUT2D eigenvalue weighted by Gasteiger charge is 2.41. The molecule has 3 aliphatic heterocycles. The van der Waals surface area contributed by atoms with E-state index < -0.39 is 9.84 Å². The van der Waals surface area contributed by atoms with Gasteiger partial charge in [-0.25, -0.2) is 12.8 Å². The Kier molecular flexibility index (Phi) is 7.02. The number of ether oxygens (including phenoxy) is 2. The summed E-state index contributed by atoms with van der Waals surface area (Å²) >= 11 is 0. The Morgan fingerprint density at radius 3 is 2.10 bits per heavy atom. The van der Waals surface area contributed by atoms with Crippen LogP contribution in [0.15, 0.2) is 70.5 Å². The fourth-order valence-electron chi connectivity index (χ4n) is 6.49. The van der Waals surface area contributed by atoms with Gasteiger partial charge in [0.05, 0.1) is 12.0 Å². The molecule has 2 fully saturated rings. The van der Waals surface area contributed by atoms with Crippen molar-refractivity contribution < 1.29 is 22.3 Å². The average Bonchev–Trinajstić information content (AvgIpc) is 3.08. The molecule has 8 heteroatoms. The molecule has 3 heterocycles. The first-order valence-electron chi connectivity index (χ1n) is 13.8. The lowest BCUT2D eigenvalue weighted by atomic mass is 9.98. The maximum absolute atomic E-state index is 13.8. The van der Waals surface area contributed by atoms with E-state index in [1.807, 2.05) is 24.3 Å². The molecule has 2 bridgehead atoms. The van der Waals surface area contributed by atoms with Gasteiger partial charge in [0.2, 0.25) is 9.84 Å². The monoisotopic (exact) mass is 550 g/mol. The Hall–Kier alpha value is -3.10. The number of hydrogen-bond donors (Lipinski definition) is 0. The normalized spacial score (nSPS) is 23.3. The van der Waals surface area contributed by atoms with Crippen LogP contribution >= 0.6 is 0 Å². The molecule has 0 spiro atoms. The maximum atomic E-state index is 13.8. The fourth-order valence-corrected chi connectivity index (χ4v) is 7.94. The molecule has 1 unspecified atom stereocenters. The molecule has 0 aliphatic carbocycles. The zero-order chi connectivity index (χ0) is 27.1. The topological polar surface area (TPSA) is 59.1 Å². The van der Waals surface area contributed by atoms with Gasteiger partial charge in [-0.2, -0.15) is 0 Å². The van der Waals surface area contributed by atoms with Crippen molar-refractivity contribution in [1.29, 1.82) is 0 Å². The number of anilines is 1. The van der Waals surface area contributed by atoms with Crippen LogP contribution in [0.1, 0.15) is 36.8 Å². The van der Waals surface area contributed by atoms with E-state index in [0.29, 0.717) is 23.6 Å². The molecule has 0 amide bonds. The van der Waals surface area contributed by atoms with Crippen molar-refractivity contribution in [3.8, 4) is 11.5 Å². The lowest BCUT2D eigenvalue weighted by Gasteiger charge is -2.40. The number of rotatable bonds is 6. The van der Waals surface area contributed by atoms with Crippen molar-refractivity contribution in [3.05, 3.63) is 77.6 Å². The largest absolute Gasteiger partial charge is 0.495 e. The number of methoxy groups -OCH3 is 1. The first-order chi connectivity index (χ1) is 18.8. The second kappa shape index (κ2) is 10.5. The van der Waals surface area contributed by atoms with Crippen molar-refractivity contribution >= 4 is 15.5 Å². The summed E-state index contributed by atoms with van der Waals surface area (Å²) in [5.41, 5.74) is 3.28. The van der Waals surface area contributed by atoms with E-state index in [-0.39, 0.29) is 21.7 Å². The smallest absolute Gasteiger partial charge is 0.210 e. The van der Waals surface area contributed by atoms with Crippen LogP contribution in [-0.2, 0) is 22.7 Å². The number of fused-ring (bicyclic) bond motifs is 3. The molecule has 3 aliphatic rings. The highest BCUT2D eigenvalue weighted by atomic mass is 32.2. The third kappa shape index (κ3) is 5.12. The summed E-state index contributed by atoms with van der Waals surface area (Å²) in [6, 6.07) is 17.9. The van der Waals surface area contributed by atoms with Gasteiger partial charge >= 0.3 is 0 Å². The SMILES string of the molecule is COc1cc2c(cc1S(=O)(=O)c1ccc(N3[C@@H]4CC[C@H]3CC(Oc3ccc(F)cc3)C4)cc1)CCN(C)CC2. The zero-order valence-corrected chi connectivity index (χ0v) is 23.3. The molecule has 6 rings (SSSR count). The van der Waals surface area contributed by atoms with Gasteiger partial charge in [0.15, 0.2) is 0 Å². The number of halogens is 1. The van der Waals surface area contributed by atoms with Gasteiger partial charge < -0.3 is 19.3 Å². The van der Waals surface area contributed by atoms with Crippen molar-refractivity contribution in [3.63, 3.8) is 0 Å². The lowest BCUT2D eigenvalue weighted by Crippen LogP contribution is -2.46. The third-order valence-corrected chi connectivity index (χ3v) is 10.3. The quantitative estimate of drug-likeness (QED) is 0.417. The van der Waals surface area contributed by atoms with Gasteiger partial charge in [-0.3, -0.25) is 0 Å². The Morgan fingerprint density at radius 2 is 1.49 bits per heavy atom. The van der Waals surface area contributed by atoms with Crippen LogP contribution in [0.4, 0.5) is 10.1 Å². The van der Waals surface area contributed by atoms with Gasteiger partial charge in [-0.05, 0) is 105 Å². The van der Waals surface area contributed by atoms with E-state index in [0.717, 1.165) is 68.4 Å². The highest BCUT2D eigenvalue weighted by Crippen LogP contribution is 2.41. The van der Waals surface area contributed by atoms with E-state index in [1.54, 1.807) is 24.3 Å². The molecule has 206 valence electrons. The molecule has 3 aromatic rings. The van der Waals surface area contributed by atoms with E-state index >= 15 is 0 Å². The summed E-state index contributed by atoms with van der Waals surface area (Å²) in [5, 5.41) is 0. The van der Waals surface area contributed by atoms with Crippen LogP contribution < -0.4 is 14.4 Å². The Labute approximate surface area is 230 Å². The van der Waals surface area contributed by atoms with Crippen LogP contribution in [0.3, 0.4) is 0 Å².